The molecule has 0 bridgehead atoms. The maximum atomic E-state index is 5.62. The molecular formula is C13H18N4OS. The molecule has 1 N–H and O–H groups in total. The predicted molar refractivity (Wildman–Crippen MR) is 75.4 cm³/mol. The molecule has 6 heteroatoms. The summed E-state index contributed by atoms with van der Waals surface area (Å²) >= 11 is 1.66. The quantitative estimate of drug-likeness (QED) is 0.913. The van der Waals surface area contributed by atoms with E-state index >= 15 is 0 Å². The number of nitrogens with zero attached hydrogens (tertiary/aromatic N) is 3. The number of hydrogen-bond donors (Lipinski definition) is 1. The van der Waals surface area contributed by atoms with Gasteiger partial charge in [0, 0.05) is 23.9 Å². The smallest absolute Gasteiger partial charge is 0.0795 e. The zero-order valence-corrected chi connectivity index (χ0v) is 11.8. The molecule has 3 rings (SSSR count). The molecule has 0 spiro atoms. The second kappa shape index (κ2) is 5.71. The lowest BCUT2D eigenvalue weighted by Crippen LogP contribution is -2.15. The third-order valence-corrected chi connectivity index (χ3v) is 4.27. The van der Waals surface area contributed by atoms with Crippen molar-refractivity contribution in [2.75, 3.05) is 11.9 Å². The van der Waals surface area contributed by atoms with Crippen molar-refractivity contribution in [2.45, 2.75) is 38.5 Å². The van der Waals surface area contributed by atoms with Crippen LogP contribution in [0.3, 0.4) is 0 Å². The van der Waals surface area contributed by atoms with Gasteiger partial charge in [-0.3, -0.25) is 9.67 Å². The van der Waals surface area contributed by atoms with E-state index in [0.29, 0.717) is 6.10 Å². The molecule has 102 valence electrons. The van der Waals surface area contributed by atoms with Gasteiger partial charge in [0.25, 0.3) is 0 Å². The summed E-state index contributed by atoms with van der Waals surface area (Å²) in [4.78, 5) is 5.33. The van der Waals surface area contributed by atoms with Crippen LogP contribution in [0.25, 0.3) is 0 Å². The van der Waals surface area contributed by atoms with Crippen molar-refractivity contribution in [3.05, 3.63) is 29.0 Å². The maximum Gasteiger partial charge on any atom is 0.0795 e. The first kappa shape index (κ1) is 12.6. The molecule has 3 heterocycles. The molecule has 0 aromatic carbocycles. The van der Waals surface area contributed by atoms with Crippen LogP contribution < -0.4 is 5.32 Å². The zero-order chi connectivity index (χ0) is 13.1. The summed E-state index contributed by atoms with van der Waals surface area (Å²) in [5.41, 5.74) is 2.90. The minimum atomic E-state index is 0.257. The van der Waals surface area contributed by atoms with E-state index in [1.165, 1.54) is 11.3 Å². The van der Waals surface area contributed by atoms with E-state index in [-0.39, 0.29) is 6.04 Å². The Bertz CT molecular complexity index is 504. The molecule has 1 saturated heterocycles. The average Bonchev–Trinajstić information content (AvgIpc) is 3.10. The van der Waals surface area contributed by atoms with Crippen LogP contribution in [0, 0.1) is 0 Å². The Morgan fingerprint density at radius 1 is 1.58 bits per heavy atom. The van der Waals surface area contributed by atoms with Crippen LogP contribution in [-0.2, 0) is 11.3 Å². The summed E-state index contributed by atoms with van der Waals surface area (Å²) < 4.78 is 7.57. The van der Waals surface area contributed by atoms with Crippen LogP contribution >= 0.6 is 11.3 Å². The number of ether oxygens (including phenoxy) is 1. The Morgan fingerprint density at radius 3 is 3.26 bits per heavy atom. The lowest BCUT2D eigenvalue weighted by atomic mass is 10.2. The first-order chi connectivity index (χ1) is 9.31. The standard InChI is InChI=1S/C13H18N4OS/c1-10(13-6-14-9-19-13)16-11-5-15-17(7-11)8-12-3-2-4-18-12/h5-7,9-10,12,16H,2-4,8H2,1H3. The second-order valence-electron chi connectivity index (χ2n) is 4.86. The molecule has 0 aliphatic carbocycles. The van der Waals surface area contributed by atoms with Gasteiger partial charge in [0.2, 0.25) is 0 Å². The molecule has 19 heavy (non-hydrogen) atoms. The van der Waals surface area contributed by atoms with Gasteiger partial charge in [-0.1, -0.05) is 0 Å². The van der Waals surface area contributed by atoms with Gasteiger partial charge in [-0.15, -0.1) is 11.3 Å². The minimum absolute atomic E-state index is 0.257. The molecule has 1 fully saturated rings. The van der Waals surface area contributed by atoms with E-state index in [9.17, 15) is 0 Å². The normalized spacial score (nSPS) is 20.6. The monoisotopic (exact) mass is 278 g/mol. The molecule has 1 aliphatic rings. The summed E-state index contributed by atoms with van der Waals surface area (Å²) in [7, 11) is 0. The number of thiazole rings is 1. The molecule has 1 aliphatic heterocycles. The molecule has 0 saturated carbocycles. The van der Waals surface area contributed by atoms with Crippen LogP contribution in [0.2, 0.25) is 0 Å². The molecule has 2 aromatic heterocycles. The lowest BCUT2D eigenvalue weighted by molar-refractivity contribution is 0.0940. The Balaban J connectivity index is 1.58. The van der Waals surface area contributed by atoms with Crippen molar-refractivity contribution in [3.8, 4) is 0 Å². The van der Waals surface area contributed by atoms with E-state index < -0.39 is 0 Å². The van der Waals surface area contributed by atoms with Crippen molar-refractivity contribution >= 4 is 17.0 Å². The zero-order valence-electron chi connectivity index (χ0n) is 11.0. The van der Waals surface area contributed by atoms with E-state index in [0.717, 1.165) is 25.3 Å². The SMILES string of the molecule is CC(Nc1cnn(CC2CCCO2)c1)c1cncs1. The van der Waals surface area contributed by atoms with Crippen LogP contribution in [0.1, 0.15) is 30.7 Å². The fourth-order valence-corrected chi connectivity index (χ4v) is 2.92. The number of aromatic nitrogens is 3. The van der Waals surface area contributed by atoms with Crippen LogP contribution in [-0.4, -0.2) is 27.5 Å². The first-order valence-corrected chi connectivity index (χ1v) is 7.48. The summed E-state index contributed by atoms with van der Waals surface area (Å²) in [5.74, 6) is 0. The van der Waals surface area contributed by atoms with E-state index in [4.69, 9.17) is 4.74 Å². The van der Waals surface area contributed by atoms with E-state index in [1.54, 1.807) is 11.3 Å². The third-order valence-electron chi connectivity index (χ3n) is 3.31. The maximum absolute atomic E-state index is 5.62. The molecule has 2 aromatic rings. The summed E-state index contributed by atoms with van der Waals surface area (Å²) in [6, 6.07) is 0.257. The summed E-state index contributed by atoms with van der Waals surface area (Å²) in [5, 5.41) is 7.81. The highest BCUT2D eigenvalue weighted by Gasteiger charge is 2.16. The molecule has 5 nitrogen and oxygen atoms in total. The van der Waals surface area contributed by atoms with E-state index in [1.807, 2.05) is 28.8 Å². The van der Waals surface area contributed by atoms with Gasteiger partial charge in [0.05, 0.1) is 36.1 Å². The number of anilines is 1. The van der Waals surface area contributed by atoms with Crippen molar-refractivity contribution in [2.24, 2.45) is 0 Å². The topological polar surface area (TPSA) is 52.0 Å². The fraction of sp³-hybridized carbons (Fsp3) is 0.538. The second-order valence-corrected chi connectivity index (χ2v) is 5.77. The third kappa shape index (κ3) is 3.13. The van der Waals surface area contributed by atoms with Gasteiger partial charge in [0.15, 0.2) is 0 Å². The van der Waals surface area contributed by atoms with Gasteiger partial charge in [-0.25, -0.2) is 0 Å². The van der Waals surface area contributed by atoms with E-state index in [2.05, 4.69) is 22.3 Å². The predicted octanol–water partition coefficient (Wildman–Crippen LogP) is 2.69. The molecular weight excluding hydrogens is 260 g/mol. The Hall–Kier alpha value is -1.40. The van der Waals surface area contributed by atoms with Gasteiger partial charge in [0.1, 0.15) is 0 Å². The largest absolute Gasteiger partial charge is 0.376 e. The Morgan fingerprint density at radius 2 is 2.53 bits per heavy atom. The average molecular weight is 278 g/mol. The van der Waals surface area contributed by atoms with Gasteiger partial charge in [-0.05, 0) is 19.8 Å². The van der Waals surface area contributed by atoms with Crippen LogP contribution in [0.15, 0.2) is 24.1 Å². The Kier molecular flexibility index (Phi) is 3.79. The fourth-order valence-electron chi connectivity index (χ4n) is 2.30. The Labute approximate surface area is 116 Å². The van der Waals surface area contributed by atoms with Crippen LogP contribution in [0.5, 0.6) is 0 Å². The van der Waals surface area contributed by atoms with Crippen molar-refractivity contribution in [1.82, 2.24) is 14.8 Å². The number of nitrogens with one attached hydrogen (secondary N) is 1. The summed E-state index contributed by atoms with van der Waals surface area (Å²) in [6.07, 6.45) is 8.44. The molecule has 2 atom stereocenters. The number of hydrogen-bond acceptors (Lipinski definition) is 5. The first-order valence-electron chi connectivity index (χ1n) is 6.60. The van der Waals surface area contributed by atoms with Gasteiger partial charge in [-0.2, -0.15) is 5.10 Å². The van der Waals surface area contributed by atoms with Crippen LogP contribution in [0.4, 0.5) is 5.69 Å². The van der Waals surface area contributed by atoms with Crippen molar-refractivity contribution in [1.29, 1.82) is 0 Å². The molecule has 2 unspecified atom stereocenters. The lowest BCUT2D eigenvalue weighted by Gasteiger charge is -2.11. The molecule has 0 amide bonds. The molecule has 0 radical (unpaired) electrons. The highest BCUT2D eigenvalue weighted by Crippen LogP contribution is 2.22. The minimum Gasteiger partial charge on any atom is -0.376 e. The van der Waals surface area contributed by atoms with Gasteiger partial charge < -0.3 is 10.1 Å². The van der Waals surface area contributed by atoms with Crippen molar-refractivity contribution < 1.29 is 4.74 Å². The van der Waals surface area contributed by atoms with Gasteiger partial charge >= 0.3 is 0 Å². The summed E-state index contributed by atoms with van der Waals surface area (Å²) in [6.45, 7) is 3.86. The highest BCUT2D eigenvalue weighted by molar-refractivity contribution is 7.09. The van der Waals surface area contributed by atoms with Crippen molar-refractivity contribution in [3.63, 3.8) is 0 Å². The highest BCUT2D eigenvalue weighted by atomic mass is 32.1. The number of rotatable bonds is 5.